The minimum absolute atomic E-state index is 0.0152. The third kappa shape index (κ3) is 4.38. The molecule has 3 aromatic rings. The van der Waals surface area contributed by atoms with Gasteiger partial charge in [-0.3, -0.25) is 10.1 Å². The average Bonchev–Trinajstić information content (AvgIpc) is 3.11. The first-order valence-electron chi connectivity index (χ1n) is 8.28. The quantitative estimate of drug-likeness (QED) is 0.353. The number of anilines is 1. The van der Waals surface area contributed by atoms with Gasteiger partial charge in [-0.25, -0.2) is 0 Å². The second kappa shape index (κ2) is 8.58. The van der Waals surface area contributed by atoms with Crippen molar-refractivity contribution >= 4 is 17.9 Å². The molecule has 3 rings (SSSR count). The number of hydrogen-bond donors (Lipinski definition) is 1. The Morgan fingerprint density at radius 2 is 2.07 bits per heavy atom. The molecule has 0 unspecified atom stereocenters. The molecule has 0 amide bonds. The van der Waals surface area contributed by atoms with Gasteiger partial charge in [0.1, 0.15) is 6.61 Å². The Balaban J connectivity index is 1.94. The smallest absolute Gasteiger partial charge is 0.315 e. The Morgan fingerprint density at radius 3 is 2.71 bits per heavy atom. The highest BCUT2D eigenvalue weighted by Crippen LogP contribution is 2.38. The van der Waals surface area contributed by atoms with E-state index < -0.39 is 4.92 Å². The Morgan fingerprint density at radius 1 is 1.29 bits per heavy atom. The molecule has 11 nitrogen and oxygen atoms in total. The van der Waals surface area contributed by atoms with E-state index in [2.05, 4.69) is 20.6 Å². The van der Waals surface area contributed by atoms with E-state index in [0.29, 0.717) is 12.2 Å². The number of hydrogen-bond acceptors (Lipinski definition) is 9. The van der Waals surface area contributed by atoms with Crippen molar-refractivity contribution < 1.29 is 14.4 Å². The van der Waals surface area contributed by atoms with Crippen molar-refractivity contribution in [2.45, 2.75) is 13.5 Å². The van der Waals surface area contributed by atoms with Crippen LogP contribution in [0.1, 0.15) is 18.1 Å². The second-order valence-electron chi connectivity index (χ2n) is 5.50. The molecule has 1 aromatic heterocycles. The lowest BCUT2D eigenvalue weighted by Gasteiger charge is -2.13. The van der Waals surface area contributed by atoms with Crippen LogP contribution in [-0.2, 0) is 6.61 Å². The number of rotatable bonds is 8. The molecule has 0 bridgehead atoms. The lowest BCUT2D eigenvalue weighted by molar-refractivity contribution is -0.386. The Kier molecular flexibility index (Phi) is 5.75. The minimum atomic E-state index is -0.536. The van der Waals surface area contributed by atoms with Crippen LogP contribution in [-0.4, -0.2) is 38.1 Å². The van der Waals surface area contributed by atoms with Crippen molar-refractivity contribution in [2.24, 2.45) is 5.10 Å². The van der Waals surface area contributed by atoms with Gasteiger partial charge >= 0.3 is 5.69 Å². The van der Waals surface area contributed by atoms with Crippen molar-refractivity contribution in [3.05, 3.63) is 63.7 Å². The van der Waals surface area contributed by atoms with Gasteiger partial charge in [0.15, 0.2) is 5.75 Å². The van der Waals surface area contributed by atoms with E-state index in [0.717, 1.165) is 10.4 Å². The first-order valence-corrected chi connectivity index (χ1v) is 8.28. The Bertz CT molecular complexity index is 988. The standard InChI is InChI=1S/C17H17N7O4/c1-2-27-15-9-13(10-19-23-17(18)20-21-22-23)8-14(24(25)26)16(15)28-11-12-6-4-3-5-7-12/h3-10H,2,11H2,1H3,(H2,18,20,22)/b19-10-. The van der Waals surface area contributed by atoms with Gasteiger partial charge in [-0.05, 0) is 29.0 Å². The summed E-state index contributed by atoms with van der Waals surface area (Å²) in [5, 5.41) is 26.0. The number of nitro groups is 1. The highest BCUT2D eigenvalue weighted by Gasteiger charge is 2.22. The third-order valence-electron chi connectivity index (χ3n) is 3.57. The van der Waals surface area contributed by atoms with E-state index in [4.69, 9.17) is 15.2 Å². The molecule has 0 aliphatic heterocycles. The van der Waals surface area contributed by atoms with Crippen LogP contribution >= 0.6 is 0 Å². The van der Waals surface area contributed by atoms with Gasteiger partial charge in [0.25, 0.3) is 5.95 Å². The molecule has 0 radical (unpaired) electrons. The fraction of sp³-hybridized carbons (Fsp3) is 0.176. The van der Waals surface area contributed by atoms with Crippen LogP contribution in [0.15, 0.2) is 47.6 Å². The molecule has 2 aromatic carbocycles. The van der Waals surface area contributed by atoms with Crippen LogP contribution in [0.25, 0.3) is 0 Å². The van der Waals surface area contributed by atoms with Crippen molar-refractivity contribution in [2.75, 3.05) is 12.3 Å². The molecule has 0 saturated heterocycles. The fourth-order valence-corrected chi connectivity index (χ4v) is 2.35. The summed E-state index contributed by atoms with van der Waals surface area (Å²) < 4.78 is 11.3. The summed E-state index contributed by atoms with van der Waals surface area (Å²) in [5.41, 5.74) is 6.57. The Hall–Kier alpha value is -4.02. The monoisotopic (exact) mass is 383 g/mol. The molecule has 0 atom stereocenters. The van der Waals surface area contributed by atoms with Crippen LogP contribution in [0, 0.1) is 10.1 Å². The minimum Gasteiger partial charge on any atom is -0.490 e. The molecule has 0 spiro atoms. The highest BCUT2D eigenvalue weighted by atomic mass is 16.6. The number of nitro benzene ring substituents is 1. The molecule has 0 aliphatic carbocycles. The molecule has 28 heavy (non-hydrogen) atoms. The van der Waals surface area contributed by atoms with Crippen molar-refractivity contribution in [1.29, 1.82) is 0 Å². The van der Waals surface area contributed by atoms with Gasteiger partial charge in [0.2, 0.25) is 5.75 Å². The van der Waals surface area contributed by atoms with Gasteiger partial charge in [-0.15, -0.1) is 0 Å². The lowest BCUT2D eigenvalue weighted by atomic mass is 10.1. The van der Waals surface area contributed by atoms with Crippen LogP contribution in [0.5, 0.6) is 11.5 Å². The highest BCUT2D eigenvalue weighted by molar-refractivity contribution is 5.83. The molecule has 0 fully saturated rings. The topological polar surface area (TPSA) is 144 Å². The summed E-state index contributed by atoms with van der Waals surface area (Å²) in [6.07, 6.45) is 1.34. The van der Waals surface area contributed by atoms with E-state index in [1.54, 1.807) is 13.0 Å². The van der Waals surface area contributed by atoms with Gasteiger partial charge in [0.05, 0.1) is 17.7 Å². The van der Waals surface area contributed by atoms with Crippen molar-refractivity contribution in [1.82, 2.24) is 20.3 Å². The first-order chi connectivity index (χ1) is 13.6. The molecular formula is C17H17N7O4. The maximum absolute atomic E-state index is 11.6. The number of nitrogen functional groups attached to an aromatic ring is 1. The first kappa shape index (κ1) is 18.8. The summed E-state index contributed by atoms with van der Waals surface area (Å²) in [6, 6.07) is 12.2. The zero-order chi connectivity index (χ0) is 19.9. The second-order valence-corrected chi connectivity index (χ2v) is 5.50. The third-order valence-corrected chi connectivity index (χ3v) is 3.57. The van der Waals surface area contributed by atoms with E-state index in [1.807, 2.05) is 30.3 Å². The summed E-state index contributed by atoms with van der Waals surface area (Å²) >= 11 is 0. The van der Waals surface area contributed by atoms with Gasteiger partial charge in [-0.2, -0.15) is 5.10 Å². The summed E-state index contributed by atoms with van der Waals surface area (Å²) in [4.78, 5) is 12.1. The summed E-state index contributed by atoms with van der Waals surface area (Å²) in [7, 11) is 0. The summed E-state index contributed by atoms with van der Waals surface area (Å²) in [5.74, 6) is 0.271. The normalized spacial score (nSPS) is 10.9. The zero-order valence-electron chi connectivity index (χ0n) is 14.9. The predicted molar refractivity (Wildman–Crippen MR) is 100 cm³/mol. The number of ether oxygens (including phenoxy) is 2. The maximum Gasteiger partial charge on any atom is 0.315 e. The van der Waals surface area contributed by atoms with Gasteiger partial charge < -0.3 is 15.2 Å². The molecule has 1 heterocycles. The van der Waals surface area contributed by atoms with Crippen molar-refractivity contribution in [3.63, 3.8) is 0 Å². The van der Waals surface area contributed by atoms with Crippen LogP contribution in [0.4, 0.5) is 11.6 Å². The van der Waals surface area contributed by atoms with Gasteiger partial charge in [0, 0.05) is 11.6 Å². The molecule has 0 saturated carbocycles. The SMILES string of the molecule is CCOc1cc(/C=N\n2nnnc2N)cc([N+](=O)[O-])c1OCc1ccccc1. The van der Waals surface area contributed by atoms with Crippen LogP contribution in [0.2, 0.25) is 0 Å². The number of nitrogens with two attached hydrogens (primary N) is 1. The van der Waals surface area contributed by atoms with E-state index in [9.17, 15) is 10.1 Å². The summed E-state index contributed by atoms with van der Waals surface area (Å²) in [6.45, 7) is 2.24. The number of aromatic nitrogens is 4. The molecule has 144 valence electrons. The largest absolute Gasteiger partial charge is 0.490 e. The van der Waals surface area contributed by atoms with Crippen LogP contribution < -0.4 is 15.2 Å². The van der Waals surface area contributed by atoms with E-state index in [-0.39, 0.29) is 29.7 Å². The molecule has 2 N–H and O–H groups in total. The zero-order valence-corrected chi connectivity index (χ0v) is 14.9. The molecule has 11 heteroatoms. The number of benzene rings is 2. The van der Waals surface area contributed by atoms with Crippen LogP contribution in [0.3, 0.4) is 0 Å². The van der Waals surface area contributed by atoms with Crippen molar-refractivity contribution in [3.8, 4) is 11.5 Å². The van der Waals surface area contributed by atoms with Gasteiger partial charge in [-0.1, -0.05) is 40.2 Å². The van der Waals surface area contributed by atoms with E-state index >= 15 is 0 Å². The number of nitrogens with zero attached hydrogens (tertiary/aromatic N) is 6. The molecular weight excluding hydrogens is 366 g/mol. The predicted octanol–water partition coefficient (Wildman–Crippen LogP) is 2.02. The Labute approximate surface area is 159 Å². The molecule has 0 aliphatic rings. The average molecular weight is 383 g/mol. The number of tetrazole rings is 1. The maximum atomic E-state index is 11.6. The fourth-order valence-electron chi connectivity index (χ4n) is 2.35. The van der Waals surface area contributed by atoms with E-state index in [1.165, 1.54) is 12.3 Å². The lowest BCUT2D eigenvalue weighted by Crippen LogP contribution is -2.04.